The Labute approximate surface area is 126 Å². The summed E-state index contributed by atoms with van der Waals surface area (Å²) in [5, 5.41) is 12.7. The number of fused-ring (bicyclic) bond motifs is 3. The molecule has 3 heteroatoms. The molecule has 1 heterocycles. The Balaban J connectivity index is 2.17. The molecule has 0 aliphatic carbocycles. The molecule has 0 saturated heterocycles. The van der Waals surface area contributed by atoms with Crippen molar-refractivity contribution in [3.05, 3.63) is 71.8 Å². The number of phenolic OH excluding ortho intramolecular Hbond substituents is 1. The minimum absolute atomic E-state index is 0.0935. The van der Waals surface area contributed by atoms with Gasteiger partial charge in [-0.1, -0.05) is 48.0 Å². The molecule has 4 rings (SSSR count). The maximum atomic E-state index is 9.90. The van der Waals surface area contributed by atoms with E-state index in [0.29, 0.717) is 5.02 Å². The number of aromatic nitrogens is 1. The number of hydrogen-bond donors (Lipinski definition) is 1. The molecule has 21 heavy (non-hydrogen) atoms. The van der Waals surface area contributed by atoms with E-state index in [1.165, 1.54) is 10.8 Å². The largest absolute Gasteiger partial charge is 0.506 e. The van der Waals surface area contributed by atoms with Gasteiger partial charge >= 0.3 is 0 Å². The van der Waals surface area contributed by atoms with Crippen molar-refractivity contribution in [3.63, 3.8) is 0 Å². The van der Waals surface area contributed by atoms with E-state index in [2.05, 4.69) is 28.8 Å². The Morgan fingerprint density at radius 3 is 1.90 bits per heavy atom. The number of rotatable bonds is 1. The second-order valence-corrected chi connectivity index (χ2v) is 5.41. The van der Waals surface area contributed by atoms with Crippen LogP contribution in [0.4, 0.5) is 0 Å². The average Bonchev–Trinajstić information content (AvgIpc) is 2.85. The molecule has 0 aliphatic rings. The highest BCUT2D eigenvalue weighted by Crippen LogP contribution is 2.34. The SMILES string of the molecule is Oc1cc(-n2c3ccccc3c3ccccc32)ccc1Cl. The number of benzene rings is 3. The molecule has 0 bridgehead atoms. The third-order valence-electron chi connectivity index (χ3n) is 3.77. The van der Waals surface area contributed by atoms with Gasteiger partial charge in [0.1, 0.15) is 5.75 Å². The van der Waals surface area contributed by atoms with Crippen molar-refractivity contribution < 1.29 is 5.11 Å². The van der Waals surface area contributed by atoms with Crippen molar-refractivity contribution in [2.45, 2.75) is 0 Å². The normalized spacial score (nSPS) is 11.3. The van der Waals surface area contributed by atoms with Gasteiger partial charge in [-0.3, -0.25) is 0 Å². The van der Waals surface area contributed by atoms with Crippen LogP contribution >= 0.6 is 11.6 Å². The number of aromatic hydroxyl groups is 1. The first kappa shape index (κ1) is 12.3. The Hall–Kier alpha value is -2.45. The summed E-state index contributed by atoms with van der Waals surface area (Å²) in [6, 6.07) is 21.9. The van der Waals surface area contributed by atoms with Gasteiger partial charge in [0, 0.05) is 22.5 Å². The molecular weight excluding hydrogens is 282 g/mol. The molecular formula is C18H12ClNO. The fraction of sp³-hybridized carbons (Fsp3) is 0. The van der Waals surface area contributed by atoms with Crippen LogP contribution < -0.4 is 0 Å². The Morgan fingerprint density at radius 2 is 1.33 bits per heavy atom. The van der Waals surface area contributed by atoms with Crippen LogP contribution in [0, 0.1) is 0 Å². The zero-order valence-electron chi connectivity index (χ0n) is 11.1. The first-order chi connectivity index (χ1) is 10.3. The van der Waals surface area contributed by atoms with Crippen LogP contribution in [0.15, 0.2) is 66.7 Å². The minimum atomic E-state index is 0.0935. The molecule has 0 atom stereocenters. The highest BCUT2D eigenvalue weighted by atomic mass is 35.5. The Kier molecular flexibility index (Phi) is 2.66. The van der Waals surface area contributed by atoms with Crippen LogP contribution in [0.2, 0.25) is 5.02 Å². The monoisotopic (exact) mass is 293 g/mol. The lowest BCUT2D eigenvalue weighted by Crippen LogP contribution is -1.93. The molecule has 2 nitrogen and oxygen atoms in total. The smallest absolute Gasteiger partial charge is 0.136 e. The summed E-state index contributed by atoms with van der Waals surface area (Å²) in [5.41, 5.74) is 3.12. The Morgan fingerprint density at radius 1 is 0.762 bits per heavy atom. The molecule has 102 valence electrons. The van der Waals surface area contributed by atoms with E-state index >= 15 is 0 Å². The minimum Gasteiger partial charge on any atom is -0.506 e. The van der Waals surface area contributed by atoms with Crippen molar-refractivity contribution >= 4 is 33.4 Å². The van der Waals surface area contributed by atoms with Crippen LogP contribution in [0.1, 0.15) is 0 Å². The molecule has 0 radical (unpaired) electrons. The van der Waals surface area contributed by atoms with Crippen LogP contribution in [-0.2, 0) is 0 Å². The molecule has 0 amide bonds. The van der Waals surface area contributed by atoms with Crippen LogP contribution in [0.25, 0.3) is 27.5 Å². The number of nitrogens with zero attached hydrogens (tertiary/aromatic N) is 1. The lowest BCUT2D eigenvalue weighted by Gasteiger charge is -2.08. The fourth-order valence-corrected chi connectivity index (χ4v) is 2.96. The van der Waals surface area contributed by atoms with Gasteiger partial charge in [-0.05, 0) is 24.3 Å². The van der Waals surface area contributed by atoms with E-state index < -0.39 is 0 Å². The predicted octanol–water partition coefficient (Wildman–Crippen LogP) is 5.14. The summed E-state index contributed by atoms with van der Waals surface area (Å²) < 4.78 is 2.14. The summed E-state index contributed by atoms with van der Waals surface area (Å²) in [7, 11) is 0. The molecule has 3 aromatic carbocycles. The quantitative estimate of drug-likeness (QED) is 0.516. The zero-order chi connectivity index (χ0) is 14.4. The van der Waals surface area contributed by atoms with Crippen molar-refractivity contribution in [1.82, 2.24) is 4.57 Å². The first-order valence-corrected chi connectivity index (χ1v) is 7.10. The molecule has 1 aromatic heterocycles. The standard InChI is InChI=1S/C18H12ClNO/c19-15-10-9-12(11-18(15)21)20-16-7-3-1-5-13(16)14-6-2-4-8-17(14)20/h1-11,21H. The number of para-hydroxylation sites is 2. The van der Waals surface area contributed by atoms with Gasteiger partial charge in [0.15, 0.2) is 0 Å². The molecule has 0 aliphatic heterocycles. The number of halogens is 1. The van der Waals surface area contributed by atoms with Crippen LogP contribution in [0.5, 0.6) is 5.75 Å². The van der Waals surface area contributed by atoms with E-state index in [1.807, 2.05) is 30.3 Å². The second-order valence-electron chi connectivity index (χ2n) is 5.01. The average molecular weight is 294 g/mol. The van der Waals surface area contributed by atoms with Gasteiger partial charge in [0.2, 0.25) is 0 Å². The van der Waals surface area contributed by atoms with E-state index in [1.54, 1.807) is 12.1 Å². The fourth-order valence-electron chi connectivity index (χ4n) is 2.84. The van der Waals surface area contributed by atoms with E-state index in [-0.39, 0.29) is 5.75 Å². The zero-order valence-corrected chi connectivity index (χ0v) is 11.9. The highest BCUT2D eigenvalue weighted by Gasteiger charge is 2.12. The van der Waals surface area contributed by atoms with Gasteiger partial charge in [-0.15, -0.1) is 0 Å². The third-order valence-corrected chi connectivity index (χ3v) is 4.09. The second kappa shape index (κ2) is 4.54. The molecule has 0 spiro atoms. The van der Waals surface area contributed by atoms with Crippen molar-refractivity contribution in [3.8, 4) is 11.4 Å². The molecule has 4 aromatic rings. The van der Waals surface area contributed by atoms with Crippen molar-refractivity contribution in [2.75, 3.05) is 0 Å². The topological polar surface area (TPSA) is 25.2 Å². The number of hydrogen-bond acceptors (Lipinski definition) is 1. The third kappa shape index (κ3) is 1.80. The van der Waals surface area contributed by atoms with Crippen LogP contribution in [-0.4, -0.2) is 9.67 Å². The molecule has 0 fully saturated rings. The van der Waals surface area contributed by atoms with E-state index in [9.17, 15) is 5.11 Å². The lowest BCUT2D eigenvalue weighted by atomic mass is 10.2. The summed E-state index contributed by atoms with van der Waals surface area (Å²) in [6.45, 7) is 0. The highest BCUT2D eigenvalue weighted by molar-refractivity contribution is 6.32. The van der Waals surface area contributed by atoms with Gasteiger partial charge in [-0.25, -0.2) is 0 Å². The summed E-state index contributed by atoms with van der Waals surface area (Å²) in [4.78, 5) is 0. The van der Waals surface area contributed by atoms with Gasteiger partial charge in [0.25, 0.3) is 0 Å². The van der Waals surface area contributed by atoms with Crippen molar-refractivity contribution in [2.24, 2.45) is 0 Å². The number of phenols is 1. The lowest BCUT2D eigenvalue weighted by molar-refractivity contribution is 0.475. The van der Waals surface area contributed by atoms with Crippen LogP contribution in [0.3, 0.4) is 0 Å². The Bertz CT molecular complexity index is 918. The summed E-state index contributed by atoms with van der Waals surface area (Å²) in [5.74, 6) is 0.0935. The maximum Gasteiger partial charge on any atom is 0.136 e. The van der Waals surface area contributed by atoms with E-state index in [0.717, 1.165) is 16.7 Å². The first-order valence-electron chi connectivity index (χ1n) is 6.73. The summed E-state index contributed by atoms with van der Waals surface area (Å²) in [6.07, 6.45) is 0. The van der Waals surface area contributed by atoms with Gasteiger partial charge in [0.05, 0.1) is 16.1 Å². The molecule has 0 saturated carbocycles. The van der Waals surface area contributed by atoms with Crippen molar-refractivity contribution in [1.29, 1.82) is 0 Å². The summed E-state index contributed by atoms with van der Waals surface area (Å²) >= 11 is 5.92. The predicted molar refractivity (Wildman–Crippen MR) is 87.5 cm³/mol. The maximum absolute atomic E-state index is 9.90. The van der Waals surface area contributed by atoms with E-state index in [4.69, 9.17) is 11.6 Å². The van der Waals surface area contributed by atoms with Gasteiger partial charge in [-0.2, -0.15) is 0 Å². The molecule has 1 N–H and O–H groups in total. The molecule has 0 unspecified atom stereocenters. The van der Waals surface area contributed by atoms with Gasteiger partial charge < -0.3 is 9.67 Å².